The molecule has 11 nitrogen and oxygen atoms in total. The molecule has 0 unspecified atom stereocenters. The number of terminal acetylenes is 1. The number of methoxy groups -OCH3 is 1. The van der Waals surface area contributed by atoms with E-state index in [0.717, 1.165) is 12.8 Å². The monoisotopic (exact) mass is 732 g/mol. The highest BCUT2D eigenvalue weighted by Gasteiger charge is 2.45. The van der Waals surface area contributed by atoms with E-state index in [0.29, 0.717) is 35.4 Å². The fourth-order valence-corrected chi connectivity index (χ4v) is 7.76. The number of carbonyl (C=O) groups excluding carboxylic acids is 1. The standard InChI is InChI=1S/C39H43F3N6O5/c1-8-27-30(41)12-9-22-13-26(52-21-50-7)14-28(31(22)27)33-32(42)34-29(16-43-33)35(45-36(44-34)51-20-39(5)15-23(40)17-46(39)6)47-18-24-10-11-25(19-47)48(24)37(49)53-38(2,3)4/h1,9,12-14,16,23-25H,10-11,15,17-21H2,2-7H3/t23-,24-,25+,39-/m1/s1. The molecule has 53 heavy (non-hydrogen) atoms. The highest BCUT2D eigenvalue weighted by Crippen LogP contribution is 2.41. The summed E-state index contributed by atoms with van der Waals surface area (Å²) >= 11 is 0. The van der Waals surface area contributed by atoms with Crippen molar-refractivity contribution in [3.63, 3.8) is 0 Å². The van der Waals surface area contributed by atoms with Gasteiger partial charge >= 0.3 is 12.1 Å². The number of likely N-dealkylation sites (tertiary alicyclic amines) is 1. The minimum Gasteiger partial charge on any atom is -0.468 e. The predicted octanol–water partition coefficient (Wildman–Crippen LogP) is 6.49. The van der Waals surface area contributed by atoms with Crippen molar-refractivity contribution in [2.75, 3.05) is 52.1 Å². The van der Waals surface area contributed by atoms with Crippen molar-refractivity contribution in [3.05, 3.63) is 47.7 Å². The Bertz CT molecular complexity index is 2110. The van der Waals surface area contributed by atoms with Crippen LogP contribution in [0.15, 0.2) is 30.5 Å². The molecule has 0 spiro atoms. The van der Waals surface area contributed by atoms with E-state index in [9.17, 15) is 9.18 Å². The molecular formula is C39H43F3N6O5. The summed E-state index contributed by atoms with van der Waals surface area (Å²) in [5, 5.41) is 1.10. The van der Waals surface area contributed by atoms with Gasteiger partial charge in [-0.1, -0.05) is 12.0 Å². The first-order valence-electron chi connectivity index (χ1n) is 17.6. The molecule has 3 saturated heterocycles. The molecule has 3 aliphatic heterocycles. The van der Waals surface area contributed by atoms with E-state index >= 15 is 8.78 Å². The lowest BCUT2D eigenvalue weighted by Gasteiger charge is -2.42. The number of rotatable bonds is 8. The zero-order valence-corrected chi connectivity index (χ0v) is 30.7. The van der Waals surface area contributed by atoms with Crippen molar-refractivity contribution in [2.45, 2.75) is 76.4 Å². The van der Waals surface area contributed by atoms with Crippen molar-refractivity contribution in [2.24, 2.45) is 0 Å². The Balaban J connectivity index is 1.35. The molecule has 7 rings (SSSR count). The third kappa shape index (κ3) is 6.88. The van der Waals surface area contributed by atoms with E-state index in [1.54, 1.807) is 11.0 Å². The van der Waals surface area contributed by atoms with Crippen LogP contribution in [-0.4, -0.2) is 107 Å². The van der Waals surface area contributed by atoms with Gasteiger partial charge in [0.2, 0.25) is 0 Å². The van der Waals surface area contributed by atoms with E-state index in [1.807, 2.05) is 44.5 Å². The fraction of sp³-hybridized carbons (Fsp3) is 0.487. The van der Waals surface area contributed by atoms with Crippen molar-refractivity contribution in [1.82, 2.24) is 24.8 Å². The van der Waals surface area contributed by atoms with Gasteiger partial charge in [-0.15, -0.1) is 6.42 Å². The number of anilines is 1. The second kappa shape index (κ2) is 13.8. The molecule has 3 fully saturated rings. The highest BCUT2D eigenvalue weighted by molar-refractivity contribution is 6.03. The first kappa shape index (κ1) is 36.5. The van der Waals surface area contributed by atoms with Gasteiger partial charge in [-0.3, -0.25) is 14.8 Å². The number of alkyl halides is 1. The van der Waals surface area contributed by atoms with E-state index < -0.39 is 28.9 Å². The number of likely N-dealkylation sites (N-methyl/N-ethyl adjacent to an activating group) is 1. The average molecular weight is 733 g/mol. The Labute approximate surface area is 306 Å². The lowest BCUT2D eigenvalue weighted by atomic mass is 9.95. The maximum Gasteiger partial charge on any atom is 0.410 e. The summed E-state index contributed by atoms with van der Waals surface area (Å²) < 4.78 is 69.4. The zero-order chi connectivity index (χ0) is 37.8. The Kier molecular flexibility index (Phi) is 9.53. The van der Waals surface area contributed by atoms with Crippen LogP contribution >= 0.6 is 0 Å². The Morgan fingerprint density at radius 2 is 1.83 bits per heavy atom. The van der Waals surface area contributed by atoms with Crippen LogP contribution < -0.4 is 14.4 Å². The molecule has 0 N–H and O–H groups in total. The van der Waals surface area contributed by atoms with Crippen LogP contribution in [0, 0.1) is 24.0 Å². The van der Waals surface area contributed by atoms with Crippen molar-refractivity contribution >= 4 is 33.6 Å². The van der Waals surface area contributed by atoms with Gasteiger partial charge in [0.25, 0.3) is 0 Å². The molecular weight excluding hydrogens is 689 g/mol. The largest absolute Gasteiger partial charge is 0.468 e. The Morgan fingerprint density at radius 1 is 1.09 bits per heavy atom. The number of carbonyl (C=O) groups is 1. The van der Waals surface area contributed by atoms with Gasteiger partial charge in [0.15, 0.2) is 12.6 Å². The van der Waals surface area contributed by atoms with Gasteiger partial charge in [-0.2, -0.15) is 9.97 Å². The molecule has 4 atom stereocenters. The topological polar surface area (TPSA) is 102 Å². The number of nitrogens with zero attached hydrogens (tertiary/aromatic N) is 6. The Hall–Kier alpha value is -4.87. The van der Waals surface area contributed by atoms with Gasteiger partial charge in [0.05, 0.1) is 28.6 Å². The predicted molar refractivity (Wildman–Crippen MR) is 194 cm³/mol. The third-order valence-corrected chi connectivity index (χ3v) is 10.4. The molecule has 2 bridgehead atoms. The number of amides is 1. The number of fused-ring (bicyclic) bond motifs is 4. The summed E-state index contributed by atoms with van der Waals surface area (Å²) in [6.07, 6.45) is 7.66. The molecule has 0 radical (unpaired) electrons. The second-order valence-corrected chi connectivity index (χ2v) is 15.3. The minimum atomic E-state index is -1.01. The minimum absolute atomic E-state index is 0.0529. The van der Waals surface area contributed by atoms with E-state index in [4.69, 9.17) is 30.4 Å². The molecule has 280 valence electrons. The normalized spacial score (nSPS) is 23.1. The lowest BCUT2D eigenvalue weighted by molar-refractivity contribution is 0.0122. The summed E-state index contributed by atoms with van der Waals surface area (Å²) in [5.74, 6) is 1.67. The van der Waals surface area contributed by atoms with Gasteiger partial charge < -0.3 is 23.8 Å². The number of ether oxygens (including phenoxy) is 4. The first-order chi connectivity index (χ1) is 25.2. The van der Waals surface area contributed by atoms with Crippen molar-refractivity contribution < 1.29 is 36.9 Å². The van der Waals surface area contributed by atoms with Gasteiger partial charge in [0, 0.05) is 50.3 Å². The van der Waals surface area contributed by atoms with Crippen LogP contribution in [0.4, 0.5) is 23.8 Å². The van der Waals surface area contributed by atoms with Gasteiger partial charge in [0.1, 0.15) is 47.0 Å². The summed E-state index contributed by atoms with van der Waals surface area (Å²) in [6.45, 7) is 8.45. The van der Waals surface area contributed by atoms with Crippen LogP contribution in [0.5, 0.6) is 11.8 Å². The fourth-order valence-electron chi connectivity index (χ4n) is 7.76. The molecule has 4 aromatic rings. The number of piperazine rings is 1. The molecule has 1 amide bonds. The number of pyridine rings is 1. The number of benzene rings is 2. The molecule has 5 heterocycles. The number of hydrogen-bond acceptors (Lipinski definition) is 10. The van der Waals surface area contributed by atoms with Crippen LogP contribution in [0.1, 0.15) is 52.5 Å². The lowest BCUT2D eigenvalue weighted by Crippen LogP contribution is -2.57. The van der Waals surface area contributed by atoms with E-state index in [-0.39, 0.29) is 78.3 Å². The molecule has 2 aromatic carbocycles. The molecule has 0 aliphatic carbocycles. The van der Waals surface area contributed by atoms with Crippen LogP contribution in [0.3, 0.4) is 0 Å². The van der Waals surface area contributed by atoms with Crippen LogP contribution in [-0.2, 0) is 9.47 Å². The smallest absolute Gasteiger partial charge is 0.410 e. The Morgan fingerprint density at radius 3 is 2.47 bits per heavy atom. The molecule has 0 saturated carbocycles. The summed E-state index contributed by atoms with van der Waals surface area (Å²) in [7, 11) is 3.30. The van der Waals surface area contributed by atoms with Crippen LogP contribution in [0.2, 0.25) is 0 Å². The van der Waals surface area contributed by atoms with Crippen molar-refractivity contribution in [3.8, 4) is 35.4 Å². The zero-order valence-electron chi connectivity index (χ0n) is 30.7. The molecule has 2 aromatic heterocycles. The summed E-state index contributed by atoms with van der Waals surface area (Å²) in [5.41, 5.74) is -1.37. The number of aromatic nitrogens is 3. The highest BCUT2D eigenvalue weighted by atomic mass is 19.1. The SMILES string of the molecule is C#Cc1c(F)ccc2cc(OCOC)cc(-c3ncc4c(N5C[C@H]6CC[C@@H](C5)N6C(=O)OC(C)(C)C)nc(OC[C@@]5(C)C[C@@H](F)CN5C)nc4c3F)c12. The summed E-state index contributed by atoms with van der Waals surface area (Å²) in [4.78, 5) is 32.9. The van der Waals surface area contributed by atoms with Crippen LogP contribution in [0.25, 0.3) is 32.9 Å². The van der Waals surface area contributed by atoms with Gasteiger partial charge in [-0.25, -0.2) is 18.0 Å². The third-order valence-electron chi connectivity index (χ3n) is 10.4. The van der Waals surface area contributed by atoms with E-state index in [2.05, 4.69) is 15.9 Å². The quantitative estimate of drug-likeness (QED) is 0.148. The summed E-state index contributed by atoms with van der Waals surface area (Å²) in [6, 6.07) is 5.56. The molecule has 3 aliphatic rings. The maximum absolute atomic E-state index is 17.2. The maximum atomic E-state index is 17.2. The van der Waals surface area contributed by atoms with Crippen molar-refractivity contribution in [1.29, 1.82) is 0 Å². The molecule has 14 heteroatoms. The number of halogens is 3. The van der Waals surface area contributed by atoms with Gasteiger partial charge in [-0.05, 0) is 71.2 Å². The van der Waals surface area contributed by atoms with E-state index in [1.165, 1.54) is 31.5 Å². The number of hydrogen-bond donors (Lipinski definition) is 0. The first-order valence-corrected chi connectivity index (χ1v) is 17.6. The second-order valence-electron chi connectivity index (χ2n) is 15.3. The average Bonchev–Trinajstić information content (AvgIpc) is 3.53.